The molecular formula is C21H34ClN3OS. The van der Waals surface area contributed by atoms with Crippen molar-refractivity contribution in [2.45, 2.75) is 45.6 Å². The van der Waals surface area contributed by atoms with E-state index in [-0.39, 0.29) is 5.24 Å². The van der Waals surface area contributed by atoms with Crippen molar-refractivity contribution in [2.75, 3.05) is 45.8 Å². The highest BCUT2D eigenvalue weighted by atomic mass is 35.5. The van der Waals surface area contributed by atoms with Crippen molar-refractivity contribution in [1.29, 1.82) is 0 Å². The fraction of sp³-hybridized carbons (Fsp3) is 0.667. The maximum absolute atomic E-state index is 11.7. The molecule has 1 saturated heterocycles. The van der Waals surface area contributed by atoms with Crippen molar-refractivity contribution in [3.05, 3.63) is 34.9 Å². The van der Waals surface area contributed by atoms with E-state index in [2.05, 4.69) is 41.5 Å². The Morgan fingerprint density at radius 1 is 1.00 bits per heavy atom. The van der Waals surface area contributed by atoms with Gasteiger partial charge in [0.1, 0.15) is 0 Å². The highest BCUT2D eigenvalue weighted by molar-refractivity contribution is 7.96. The molecule has 0 aromatic heterocycles. The lowest BCUT2D eigenvalue weighted by Crippen LogP contribution is -2.46. The first-order valence-corrected chi connectivity index (χ1v) is 11.1. The Kier molecular flexibility index (Phi) is 10.6. The summed E-state index contributed by atoms with van der Waals surface area (Å²) in [5, 5.41) is 0.710. The zero-order chi connectivity index (χ0) is 19.5. The lowest BCUT2D eigenvalue weighted by molar-refractivity contribution is 0.123. The van der Waals surface area contributed by atoms with E-state index < -0.39 is 0 Å². The van der Waals surface area contributed by atoms with E-state index in [1.807, 2.05) is 17.0 Å². The van der Waals surface area contributed by atoms with Crippen molar-refractivity contribution >= 4 is 29.5 Å². The van der Waals surface area contributed by atoms with Gasteiger partial charge in [0, 0.05) is 50.8 Å². The van der Waals surface area contributed by atoms with E-state index in [4.69, 9.17) is 11.6 Å². The summed E-state index contributed by atoms with van der Waals surface area (Å²) in [7, 11) is 0. The Bertz CT molecular complexity index is 547. The van der Waals surface area contributed by atoms with Crippen LogP contribution in [0, 0.1) is 0 Å². The van der Waals surface area contributed by atoms with Crippen LogP contribution in [0.1, 0.15) is 44.6 Å². The topological polar surface area (TPSA) is 26.8 Å². The Hall–Kier alpha value is -0.750. The number of hydrogen-bond donors (Lipinski definition) is 1. The van der Waals surface area contributed by atoms with Crippen LogP contribution >= 0.6 is 24.2 Å². The van der Waals surface area contributed by atoms with Gasteiger partial charge in [-0.1, -0.05) is 62.5 Å². The van der Waals surface area contributed by atoms with Gasteiger partial charge in [-0.25, -0.2) is 0 Å². The second-order valence-electron chi connectivity index (χ2n) is 7.43. The molecule has 0 N–H and O–H groups in total. The molecule has 27 heavy (non-hydrogen) atoms. The van der Waals surface area contributed by atoms with Gasteiger partial charge in [-0.15, -0.1) is 0 Å². The molecule has 6 heteroatoms. The predicted octanol–water partition coefficient (Wildman–Crippen LogP) is 4.78. The summed E-state index contributed by atoms with van der Waals surface area (Å²) in [6.07, 6.45) is 5.78. The van der Waals surface area contributed by atoms with E-state index in [0.717, 1.165) is 70.2 Å². The van der Waals surface area contributed by atoms with Gasteiger partial charge in [-0.3, -0.25) is 9.69 Å². The van der Waals surface area contributed by atoms with Crippen molar-refractivity contribution in [3.63, 3.8) is 0 Å². The molecule has 0 saturated carbocycles. The zero-order valence-electron chi connectivity index (χ0n) is 16.6. The fourth-order valence-electron chi connectivity index (χ4n) is 3.54. The molecule has 1 aromatic rings. The minimum atomic E-state index is -0.0840. The van der Waals surface area contributed by atoms with E-state index in [9.17, 15) is 4.79 Å². The normalized spacial score (nSPS) is 15.8. The Balaban J connectivity index is 1.61. The molecule has 1 amide bonds. The molecule has 0 aliphatic carbocycles. The molecule has 1 heterocycles. The number of halogens is 1. The van der Waals surface area contributed by atoms with Gasteiger partial charge in [-0.05, 0) is 37.1 Å². The van der Waals surface area contributed by atoms with Crippen molar-refractivity contribution in [3.8, 4) is 0 Å². The van der Waals surface area contributed by atoms with Crippen LogP contribution in [0.4, 0.5) is 4.79 Å². The molecule has 4 nitrogen and oxygen atoms in total. The second kappa shape index (κ2) is 12.7. The number of rotatable bonds is 11. The largest absolute Gasteiger partial charge is 0.334 e. The molecule has 1 fully saturated rings. The highest BCUT2D eigenvalue weighted by Gasteiger charge is 2.17. The minimum absolute atomic E-state index is 0.0840. The molecule has 0 bridgehead atoms. The smallest absolute Gasteiger partial charge is 0.278 e. The van der Waals surface area contributed by atoms with E-state index in [1.165, 1.54) is 24.8 Å². The molecule has 0 spiro atoms. The first-order chi connectivity index (χ1) is 13.1. The number of piperazine rings is 1. The Morgan fingerprint density at radius 3 is 2.26 bits per heavy atom. The van der Waals surface area contributed by atoms with Crippen molar-refractivity contribution in [1.82, 2.24) is 14.7 Å². The molecule has 2 rings (SSSR count). The van der Waals surface area contributed by atoms with Crippen molar-refractivity contribution in [2.24, 2.45) is 0 Å². The van der Waals surface area contributed by atoms with Crippen LogP contribution in [0.3, 0.4) is 0 Å². The zero-order valence-corrected chi connectivity index (χ0v) is 18.2. The second-order valence-corrected chi connectivity index (χ2v) is 8.25. The van der Waals surface area contributed by atoms with Crippen LogP contribution in [0.15, 0.2) is 24.3 Å². The predicted molar refractivity (Wildman–Crippen MR) is 118 cm³/mol. The summed E-state index contributed by atoms with van der Waals surface area (Å²) in [5.41, 5.74) is 1.32. The summed E-state index contributed by atoms with van der Waals surface area (Å²) < 4.78 is 0. The summed E-state index contributed by atoms with van der Waals surface area (Å²) in [6, 6.07) is 8.14. The third-order valence-corrected chi connectivity index (χ3v) is 5.77. The van der Waals surface area contributed by atoms with E-state index in [0.29, 0.717) is 0 Å². The lowest BCUT2D eigenvalue weighted by atomic mass is 10.2. The van der Waals surface area contributed by atoms with Gasteiger partial charge in [-0.2, -0.15) is 0 Å². The van der Waals surface area contributed by atoms with Gasteiger partial charge < -0.3 is 9.80 Å². The number of amides is 1. The minimum Gasteiger partial charge on any atom is -0.334 e. The first-order valence-electron chi connectivity index (χ1n) is 10.3. The number of thiol groups is 1. The molecule has 0 radical (unpaired) electrons. The van der Waals surface area contributed by atoms with E-state index >= 15 is 0 Å². The van der Waals surface area contributed by atoms with E-state index in [1.54, 1.807) is 0 Å². The third-order valence-electron chi connectivity index (χ3n) is 5.24. The Morgan fingerprint density at radius 2 is 1.63 bits per heavy atom. The van der Waals surface area contributed by atoms with Crippen LogP contribution < -0.4 is 0 Å². The van der Waals surface area contributed by atoms with Crippen LogP contribution in [0.25, 0.3) is 0 Å². The average Bonchev–Trinajstić information content (AvgIpc) is 2.66. The van der Waals surface area contributed by atoms with Gasteiger partial charge in [0.25, 0.3) is 5.24 Å². The standard InChI is InChI=1S/C21H34ClN3OS/c1-2-3-4-5-12-25(21(26)27)13-6-11-23-14-16-24(17-15-23)18-19-7-9-20(22)10-8-19/h7-10H,2-6,11-18H2,1H3,(H,26,27). The molecule has 1 aliphatic rings. The summed E-state index contributed by atoms with van der Waals surface area (Å²) in [6.45, 7) is 10.3. The van der Waals surface area contributed by atoms with Gasteiger partial charge in [0.15, 0.2) is 0 Å². The summed E-state index contributed by atoms with van der Waals surface area (Å²) in [4.78, 5) is 18.6. The van der Waals surface area contributed by atoms with Gasteiger partial charge in [0.2, 0.25) is 0 Å². The number of carbonyl (C=O) groups excluding carboxylic acids is 1. The molecule has 0 unspecified atom stereocenters. The number of nitrogens with zero attached hydrogens (tertiary/aromatic N) is 3. The quantitative estimate of drug-likeness (QED) is 0.419. The summed E-state index contributed by atoms with van der Waals surface area (Å²) >= 11 is 10.00. The monoisotopic (exact) mass is 411 g/mol. The summed E-state index contributed by atoms with van der Waals surface area (Å²) in [5.74, 6) is 0. The number of benzene rings is 1. The van der Waals surface area contributed by atoms with Crippen LogP contribution in [-0.4, -0.2) is 65.8 Å². The molecule has 1 aromatic carbocycles. The molecular weight excluding hydrogens is 378 g/mol. The molecule has 0 atom stereocenters. The SMILES string of the molecule is CCCCCCN(CCCN1CCN(Cc2ccc(Cl)cc2)CC1)C(=O)S. The third kappa shape index (κ3) is 8.86. The molecule has 1 aliphatic heterocycles. The average molecular weight is 412 g/mol. The highest BCUT2D eigenvalue weighted by Crippen LogP contribution is 2.13. The maximum atomic E-state index is 11.7. The number of unbranched alkanes of at least 4 members (excludes halogenated alkanes) is 3. The first kappa shape index (κ1) is 22.5. The van der Waals surface area contributed by atoms with Crippen molar-refractivity contribution < 1.29 is 4.79 Å². The fourth-order valence-corrected chi connectivity index (χ4v) is 3.86. The maximum Gasteiger partial charge on any atom is 0.278 e. The molecule has 152 valence electrons. The van der Waals surface area contributed by atoms with Gasteiger partial charge >= 0.3 is 0 Å². The number of hydrogen-bond acceptors (Lipinski definition) is 3. The number of carbonyl (C=O) groups is 1. The van der Waals surface area contributed by atoms with Gasteiger partial charge in [0.05, 0.1) is 0 Å². The van der Waals surface area contributed by atoms with Crippen LogP contribution in [0.2, 0.25) is 5.02 Å². The lowest BCUT2D eigenvalue weighted by Gasteiger charge is -2.35. The Labute approximate surface area is 175 Å². The van der Waals surface area contributed by atoms with Crippen LogP contribution in [-0.2, 0) is 6.54 Å². The van der Waals surface area contributed by atoms with Crippen LogP contribution in [0.5, 0.6) is 0 Å².